The number of ether oxygens (including phenoxy) is 1. The highest BCUT2D eigenvalue weighted by atomic mass is 16.5. The molecule has 0 saturated heterocycles. The fraction of sp³-hybridized carbons (Fsp3) is 0.111. The molecule has 0 saturated carbocycles. The van der Waals surface area contributed by atoms with Crippen LogP contribution in [0.15, 0.2) is 27.5 Å². The maximum Gasteiger partial charge on any atom is 0.337 e. The normalized spacial score (nSPS) is 10.4. The van der Waals surface area contributed by atoms with Crippen molar-refractivity contribution < 1.29 is 14.1 Å². The predicted molar refractivity (Wildman–Crippen MR) is 48.2 cm³/mol. The molecule has 2 aromatic rings. The predicted octanol–water partition coefficient (Wildman–Crippen LogP) is 0.908. The van der Waals surface area contributed by atoms with Gasteiger partial charge >= 0.3 is 5.97 Å². The summed E-state index contributed by atoms with van der Waals surface area (Å²) >= 11 is 0. The highest BCUT2D eigenvalue weighted by molar-refractivity contribution is 5.93. The summed E-state index contributed by atoms with van der Waals surface area (Å²) in [4.78, 5) is 22.2. The van der Waals surface area contributed by atoms with Gasteiger partial charge in [0.15, 0.2) is 5.58 Å². The SMILES string of the molecule is COC(=O)c1ccc2c(=O)[nH]oc2c1. The minimum atomic E-state index is -0.462. The number of carbonyl (C=O) groups is 1. The second-order valence-corrected chi connectivity index (χ2v) is 2.74. The lowest BCUT2D eigenvalue weighted by Gasteiger charge is -1.96. The molecule has 1 heterocycles. The summed E-state index contributed by atoms with van der Waals surface area (Å²) < 4.78 is 9.36. The van der Waals surface area contributed by atoms with E-state index in [0.717, 1.165) is 0 Å². The zero-order valence-corrected chi connectivity index (χ0v) is 7.37. The third-order valence-corrected chi connectivity index (χ3v) is 1.90. The van der Waals surface area contributed by atoms with Gasteiger partial charge in [0, 0.05) is 0 Å². The molecular weight excluding hydrogens is 186 g/mol. The number of rotatable bonds is 1. The molecule has 1 N–H and O–H groups in total. The molecule has 0 spiro atoms. The van der Waals surface area contributed by atoms with E-state index in [-0.39, 0.29) is 5.56 Å². The summed E-state index contributed by atoms with van der Waals surface area (Å²) in [6.45, 7) is 0. The number of carbonyl (C=O) groups excluding carboxylic acids is 1. The van der Waals surface area contributed by atoms with E-state index in [1.165, 1.54) is 25.3 Å². The van der Waals surface area contributed by atoms with E-state index in [1.807, 2.05) is 0 Å². The summed E-state index contributed by atoms with van der Waals surface area (Å²) in [5.74, 6) is -0.462. The van der Waals surface area contributed by atoms with Crippen LogP contribution in [-0.4, -0.2) is 18.2 Å². The first kappa shape index (κ1) is 8.55. The van der Waals surface area contributed by atoms with Gasteiger partial charge in [0.1, 0.15) is 0 Å². The van der Waals surface area contributed by atoms with Gasteiger partial charge < -0.3 is 9.26 Å². The van der Waals surface area contributed by atoms with Crippen molar-refractivity contribution in [3.05, 3.63) is 34.1 Å². The summed E-state index contributed by atoms with van der Waals surface area (Å²) in [6, 6.07) is 4.49. The van der Waals surface area contributed by atoms with Crippen molar-refractivity contribution in [3.63, 3.8) is 0 Å². The summed E-state index contributed by atoms with van der Waals surface area (Å²) in [7, 11) is 1.29. The van der Waals surface area contributed by atoms with E-state index in [4.69, 9.17) is 4.52 Å². The molecule has 1 aromatic heterocycles. The van der Waals surface area contributed by atoms with Crippen LogP contribution in [0.2, 0.25) is 0 Å². The quantitative estimate of drug-likeness (QED) is 0.683. The van der Waals surface area contributed by atoms with Gasteiger partial charge in [-0.2, -0.15) is 5.16 Å². The lowest BCUT2D eigenvalue weighted by atomic mass is 10.2. The number of hydrogen-bond donors (Lipinski definition) is 1. The van der Waals surface area contributed by atoms with Crippen molar-refractivity contribution in [2.75, 3.05) is 7.11 Å². The zero-order chi connectivity index (χ0) is 10.1. The van der Waals surface area contributed by atoms with Crippen molar-refractivity contribution in [2.45, 2.75) is 0 Å². The Morgan fingerprint density at radius 1 is 1.50 bits per heavy atom. The lowest BCUT2D eigenvalue weighted by Crippen LogP contribution is -2.01. The molecule has 5 heteroatoms. The molecular formula is C9H7NO4. The Labute approximate surface area is 78.2 Å². The number of fused-ring (bicyclic) bond motifs is 1. The van der Waals surface area contributed by atoms with Crippen LogP contribution in [0.3, 0.4) is 0 Å². The monoisotopic (exact) mass is 193 g/mol. The number of esters is 1. The first-order valence-corrected chi connectivity index (χ1v) is 3.92. The maximum atomic E-state index is 11.1. The van der Waals surface area contributed by atoms with E-state index in [2.05, 4.69) is 9.89 Å². The Kier molecular flexibility index (Phi) is 1.85. The van der Waals surface area contributed by atoms with Gasteiger partial charge in [-0.3, -0.25) is 4.79 Å². The highest BCUT2D eigenvalue weighted by Crippen LogP contribution is 2.12. The summed E-state index contributed by atoms with van der Waals surface area (Å²) in [5.41, 5.74) is 0.386. The number of aromatic nitrogens is 1. The van der Waals surface area contributed by atoms with Crippen LogP contribution in [-0.2, 0) is 4.74 Å². The second kappa shape index (κ2) is 3.02. The van der Waals surface area contributed by atoms with E-state index < -0.39 is 5.97 Å². The first-order chi connectivity index (χ1) is 6.72. The molecule has 14 heavy (non-hydrogen) atoms. The van der Waals surface area contributed by atoms with Gasteiger partial charge in [-0.25, -0.2) is 4.79 Å². The molecule has 0 amide bonds. The molecule has 0 aliphatic carbocycles. The zero-order valence-electron chi connectivity index (χ0n) is 7.37. The number of nitrogens with one attached hydrogen (secondary N) is 1. The van der Waals surface area contributed by atoms with Crippen molar-refractivity contribution >= 4 is 16.9 Å². The number of aromatic amines is 1. The highest BCUT2D eigenvalue weighted by Gasteiger charge is 2.09. The number of benzene rings is 1. The Balaban J connectivity index is 2.63. The van der Waals surface area contributed by atoms with Crippen molar-refractivity contribution in [3.8, 4) is 0 Å². The molecule has 2 rings (SSSR count). The van der Waals surface area contributed by atoms with Crippen LogP contribution in [0, 0.1) is 0 Å². The Hall–Kier alpha value is -2.04. The standard InChI is InChI=1S/C9H7NO4/c1-13-9(12)5-2-3-6-7(4-5)14-10-8(6)11/h2-4H,1H3,(H,10,11). The van der Waals surface area contributed by atoms with Crippen LogP contribution >= 0.6 is 0 Å². The van der Waals surface area contributed by atoms with Crippen LogP contribution in [0.25, 0.3) is 11.0 Å². The molecule has 0 atom stereocenters. The van der Waals surface area contributed by atoms with Crippen molar-refractivity contribution in [1.29, 1.82) is 0 Å². The van der Waals surface area contributed by atoms with Crippen LogP contribution in [0.5, 0.6) is 0 Å². The van der Waals surface area contributed by atoms with E-state index in [1.54, 1.807) is 0 Å². The fourth-order valence-electron chi connectivity index (χ4n) is 1.20. The van der Waals surface area contributed by atoms with Crippen LogP contribution < -0.4 is 5.56 Å². The van der Waals surface area contributed by atoms with Gasteiger partial charge in [0.2, 0.25) is 0 Å². The molecule has 72 valence electrons. The van der Waals surface area contributed by atoms with Crippen LogP contribution in [0.1, 0.15) is 10.4 Å². The number of H-pyrrole nitrogens is 1. The van der Waals surface area contributed by atoms with Gasteiger partial charge in [0.05, 0.1) is 18.1 Å². The molecule has 1 aromatic carbocycles. The van der Waals surface area contributed by atoms with E-state index in [9.17, 15) is 9.59 Å². The maximum absolute atomic E-state index is 11.1. The molecule has 0 aliphatic heterocycles. The molecule has 0 bridgehead atoms. The summed E-state index contributed by atoms with van der Waals surface area (Å²) in [6.07, 6.45) is 0. The minimum Gasteiger partial charge on any atom is -0.465 e. The van der Waals surface area contributed by atoms with Gasteiger partial charge in [-0.15, -0.1) is 0 Å². The molecule has 0 aliphatic rings. The minimum absolute atomic E-state index is 0.309. The average Bonchev–Trinajstić information content (AvgIpc) is 2.59. The van der Waals surface area contributed by atoms with Gasteiger partial charge in [-0.1, -0.05) is 0 Å². The topological polar surface area (TPSA) is 72.3 Å². The Morgan fingerprint density at radius 2 is 2.29 bits per heavy atom. The smallest absolute Gasteiger partial charge is 0.337 e. The third kappa shape index (κ3) is 1.19. The average molecular weight is 193 g/mol. The molecule has 5 nitrogen and oxygen atoms in total. The summed E-state index contributed by atoms with van der Waals surface area (Å²) in [5, 5.41) is 2.59. The van der Waals surface area contributed by atoms with Crippen molar-refractivity contribution in [2.24, 2.45) is 0 Å². The molecule has 0 fully saturated rings. The second-order valence-electron chi connectivity index (χ2n) is 2.74. The molecule has 0 radical (unpaired) electrons. The van der Waals surface area contributed by atoms with Crippen molar-refractivity contribution in [1.82, 2.24) is 5.16 Å². The Morgan fingerprint density at radius 3 is 3.00 bits per heavy atom. The van der Waals surface area contributed by atoms with Gasteiger partial charge in [-0.05, 0) is 18.2 Å². The largest absolute Gasteiger partial charge is 0.465 e. The molecule has 0 unspecified atom stereocenters. The number of methoxy groups -OCH3 is 1. The van der Waals surface area contributed by atoms with Crippen LogP contribution in [0.4, 0.5) is 0 Å². The van der Waals surface area contributed by atoms with E-state index >= 15 is 0 Å². The Bertz CT molecular complexity index is 537. The van der Waals surface area contributed by atoms with Gasteiger partial charge in [0.25, 0.3) is 5.56 Å². The first-order valence-electron chi connectivity index (χ1n) is 3.92. The third-order valence-electron chi connectivity index (χ3n) is 1.90. The fourth-order valence-corrected chi connectivity index (χ4v) is 1.20. The van der Waals surface area contributed by atoms with E-state index in [0.29, 0.717) is 16.5 Å². The number of hydrogen-bond acceptors (Lipinski definition) is 4. The lowest BCUT2D eigenvalue weighted by molar-refractivity contribution is 0.0601.